The third-order valence-corrected chi connectivity index (χ3v) is 9.43. The van der Waals surface area contributed by atoms with Crippen molar-refractivity contribution in [3.05, 3.63) is 42.2 Å². The van der Waals surface area contributed by atoms with Gasteiger partial charge in [-0.1, -0.05) is 57.8 Å². The van der Waals surface area contributed by atoms with Gasteiger partial charge < -0.3 is 39.2 Å². The molecule has 0 unspecified atom stereocenters. The maximum absolute atomic E-state index is 12.9. The number of carboxylic acids is 2. The number of unbranched alkanes of at least 4 members (excludes halogenated alkanes) is 10. The average Bonchev–Trinajstić information content (AvgIpc) is 3.17. The van der Waals surface area contributed by atoms with E-state index in [0.29, 0.717) is 25.4 Å². The lowest BCUT2D eigenvalue weighted by atomic mass is 10.1. The van der Waals surface area contributed by atoms with Crippen molar-refractivity contribution in [3.63, 3.8) is 0 Å². The molecule has 18 heteroatoms. The molecule has 2 aromatic rings. The Morgan fingerprint density at radius 3 is 1.75 bits per heavy atom. The van der Waals surface area contributed by atoms with Gasteiger partial charge >= 0.3 is 11.9 Å². The summed E-state index contributed by atoms with van der Waals surface area (Å²) in [4.78, 5) is 53.0. The van der Waals surface area contributed by atoms with E-state index >= 15 is 0 Å². The number of hydrogen-bond donors (Lipinski definition) is 4. The van der Waals surface area contributed by atoms with Crippen LogP contribution in [0, 0.1) is 0 Å². The van der Waals surface area contributed by atoms with Crippen LogP contribution in [0.2, 0.25) is 0 Å². The van der Waals surface area contributed by atoms with Gasteiger partial charge in [0.05, 0.1) is 50.1 Å². The van der Waals surface area contributed by atoms with Crippen LogP contribution in [0.15, 0.2) is 41.6 Å². The maximum atomic E-state index is 12.9. The Hall–Kier alpha value is -4.23. The fourth-order valence-electron chi connectivity index (χ4n) is 5.12. The van der Waals surface area contributed by atoms with Crippen LogP contribution < -0.4 is 14.8 Å². The number of ketones is 1. The number of rotatable bonds is 36. The van der Waals surface area contributed by atoms with Crippen LogP contribution in [0.4, 0.5) is 5.95 Å². The van der Waals surface area contributed by atoms with Gasteiger partial charge in [-0.3, -0.25) is 14.4 Å². The molecule has 0 saturated carbocycles. The molecule has 56 heavy (non-hydrogen) atoms. The lowest BCUT2D eigenvalue weighted by Crippen LogP contribution is -2.28. The second-order valence-electron chi connectivity index (χ2n) is 12.9. The van der Waals surface area contributed by atoms with Crippen molar-refractivity contribution in [2.45, 2.75) is 94.8 Å². The highest BCUT2D eigenvalue weighted by Crippen LogP contribution is 2.19. The molecule has 0 bridgehead atoms. The summed E-state index contributed by atoms with van der Waals surface area (Å²) in [5.41, 5.74) is 0.131. The Kier molecular flexibility index (Phi) is 25.7. The average molecular weight is 811 g/mol. The van der Waals surface area contributed by atoms with Gasteiger partial charge in [-0.15, -0.1) is 0 Å². The minimum absolute atomic E-state index is 0.00795. The number of sulfonamides is 1. The van der Waals surface area contributed by atoms with Crippen LogP contribution in [-0.2, 0) is 43.4 Å². The SMILES string of the molecule is O=C(O)CCCCCCCCCCCCCOc1ccc(S(=O)(=O)Nc2ncc(C(=O)NCCOCCOCC(=O)CCCOCCOCC(=O)O)cn2)cc1. The first-order valence-electron chi connectivity index (χ1n) is 19.2. The van der Waals surface area contributed by atoms with Gasteiger partial charge in [-0.25, -0.2) is 27.9 Å². The van der Waals surface area contributed by atoms with Crippen molar-refractivity contribution < 1.29 is 61.5 Å². The number of aromatic nitrogens is 2. The Labute approximate surface area is 329 Å². The van der Waals surface area contributed by atoms with Crippen LogP contribution in [0.1, 0.15) is 100 Å². The molecule has 0 fully saturated rings. The molecule has 314 valence electrons. The Bertz CT molecular complexity index is 1510. The van der Waals surface area contributed by atoms with E-state index in [1.165, 1.54) is 50.2 Å². The highest BCUT2D eigenvalue weighted by atomic mass is 32.2. The van der Waals surface area contributed by atoms with Crippen molar-refractivity contribution >= 4 is 39.6 Å². The molecule has 1 aromatic heterocycles. The second-order valence-corrected chi connectivity index (χ2v) is 14.6. The predicted octanol–water partition coefficient (Wildman–Crippen LogP) is 4.65. The molecule has 0 aliphatic heterocycles. The molecule has 0 aliphatic rings. The van der Waals surface area contributed by atoms with E-state index in [4.69, 9.17) is 33.9 Å². The van der Waals surface area contributed by atoms with Gasteiger partial charge in [-0.2, -0.15) is 0 Å². The largest absolute Gasteiger partial charge is 0.494 e. The molecule has 1 amide bonds. The molecule has 1 aromatic carbocycles. The quantitative estimate of drug-likeness (QED) is 0.0685. The molecule has 1 heterocycles. The lowest BCUT2D eigenvalue weighted by Gasteiger charge is -2.10. The third kappa shape index (κ3) is 24.3. The van der Waals surface area contributed by atoms with Gasteiger partial charge in [-0.05, 0) is 43.5 Å². The molecule has 0 aliphatic carbocycles. The van der Waals surface area contributed by atoms with E-state index in [-0.39, 0.29) is 87.8 Å². The first-order valence-corrected chi connectivity index (χ1v) is 20.7. The molecule has 0 saturated heterocycles. The summed E-state index contributed by atoms with van der Waals surface area (Å²) in [6.45, 7) is 1.69. The van der Waals surface area contributed by atoms with Crippen LogP contribution in [0.25, 0.3) is 0 Å². The van der Waals surface area contributed by atoms with Gasteiger partial charge in [0.1, 0.15) is 19.0 Å². The van der Waals surface area contributed by atoms with Crippen molar-refractivity contribution in [2.75, 3.05) is 70.7 Å². The van der Waals surface area contributed by atoms with Gasteiger partial charge in [0.15, 0.2) is 5.78 Å². The minimum Gasteiger partial charge on any atom is -0.494 e. The predicted molar refractivity (Wildman–Crippen MR) is 205 cm³/mol. The molecule has 4 N–H and O–H groups in total. The first kappa shape index (κ1) is 47.9. The van der Waals surface area contributed by atoms with Gasteiger partial charge in [0.2, 0.25) is 5.95 Å². The van der Waals surface area contributed by atoms with E-state index in [1.807, 2.05) is 0 Å². The zero-order chi connectivity index (χ0) is 40.7. The van der Waals surface area contributed by atoms with Crippen molar-refractivity contribution in [1.82, 2.24) is 15.3 Å². The highest BCUT2D eigenvalue weighted by molar-refractivity contribution is 7.92. The van der Waals surface area contributed by atoms with E-state index < -0.39 is 27.9 Å². The van der Waals surface area contributed by atoms with E-state index in [1.54, 1.807) is 12.1 Å². The number of carboxylic acid groups (broad SMARTS) is 2. The summed E-state index contributed by atoms with van der Waals surface area (Å²) in [6, 6.07) is 6.06. The highest BCUT2D eigenvalue weighted by Gasteiger charge is 2.17. The van der Waals surface area contributed by atoms with E-state index in [0.717, 1.165) is 44.9 Å². The summed E-state index contributed by atoms with van der Waals surface area (Å²) in [5, 5.41) is 19.8. The number of ether oxygens (including phenoxy) is 5. The number of amides is 1. The number of Topliss-reactive ketones (excluding diaryl/α,β-unsaturated/α-hetero) is 1. The summed E-state index contributed by atoms with van der Waals surface area (Å²) in [6.07, 6.45) is 15.4. The number of anilines is 1. The Balaban J connectivity index is 1.50. The van der Waals surface area contributed by atoms with Crippen LogP contribution in [0.5, 0.6) is 5.75 Å². The monoisotopic (exact) mass is 810 g/mol. The Morgan fingerprint density at radius 2 is 1.14 bits per heavy atom. The molecule has 2 rings (SSSR count). The lowest BCUT2D eigenvalue weighted by molar-refractivity contribution is -0.143. The molecular weight excluding hydrogens is 752 g/mol. The number of nitrogens with one attached hydrogen (secondary N) is 2. The molecule has 0 radical (unpaired) electrons. The van der Waals surface area contributed by atoms with Crippen LogP contribution in [-0.4, -0.2) is 118 Å². The normalized spacial score (nSPS) is 11.3. The zero-order valence-electron chi connectivity index (χ0n) is 32.1. The molecular formula is C38H58N4O13S. The number of aliphatic carboxylic acids is 2. The van der Waals surface area contributed by atoms with Crippen molar-refractivity contribution in [1.29, 1.82) is 0 Å². The summed E-state index contributed by atoms with van der Waals surface area (Å²) >= 11 is 0. The van der Waals surface area contributed by atoms with Gasteiger partial charge in [0.25, 0.3) is 15.9 Å². The molecule has 0 atom stereocenters. The second kappa shape index (κ2) is 30.0. The van der Waals surface area contributed by atoms with Crippen molar-refractivity contribution in [2.24, 2.45) is 0 Å². The number of carbonyl (C=O) groups is 4. The molecule has 0 spiro atoms. The minimum atomic E-state index is -3.98. The van der Waals surface area contributed by atoms with E-state index in [2.05, 4.69) is 20.0 Å². The first-order chi connectivity index (χ1) is 27.1. The van der Waals surface area contributed by atoms with E-state index in [9.17, 15) is 27.6 Å². The van der Waals surface area contributed by atoms with Crippen LogP contribution >= 0.6 is 0 Å². The number of hydrogen-bond acceptors (Lipinski definition) is 13. The summed E-state index contributed by atoms with van der Waals surface area (Å²) in [7, 11) is -3.98. The zero-order valence-corrected chi connectivity index (χ0v) is 32.9. The summed E-state index contributed by atoms with van der Waals surface area (Å²) < 4.78 is 54.6. The fraction of sp³-hybridized carbons (Fsp3) is 0.632. The van der Waals surface area contributed by atoms with Crippen LogP contribution in [0.3, 0.4) is 0 Å². The molecule has 17 nitrogen and oxygen atoms in total. The fourth-order valence-corrected chi connectivity index (χ4v) is 6.08. The number of carbonyl (C=O) groups excluding carboxylic acids is 2. The standard InChI is InChI=1S/C38H58N4O13S/c43-32(13-12-20-51-23-26-54-30-36(46)47)29-53-25-24-52-22-19-39-37(48)31-27-40-38(41-28-31)42-56(49,50)34-17-15-33(16-18-34)55-21-11-9-7-5-3-1-2-4-6-8-10-14-35(44)45/h15-18,27-28H,1-14,19-26,29-30H2,(H,39,48)(H,44,45)(H,46,47)(H,40,41,42). The topological polar surface area (TPSA) is 239 Å². The third-order valence-electron chi connectivity index (χ3n) is 8.09. The number of benzene rings is 1. The number of nitrogens with zero attached hydrogens (tertiary/aromatic N) is 2. The Morgan fingerprint density at radius 1 is 0.589 bits per heavy atom. The smallest absolute Gasteiger partial charge is 0.329 e. The summed E-state index contributed by atoms with van der Waals surface area (Å²) in [5.74, 6) is -1.93. The van der Waals surface area contributed by atoms with Crippen molar-refractivity contribution in [3.8, 4) is 5.75 Å². The van der Waals surface area contributed by atoms with Gasteiger partial charge in [0, 0.05) is 38.4 Å². The maximum Gasteiger partial charge on any atom is 0.329 e.